The van der Waals surface area contributed by atoms with Gasteiger partial charge in [0, 0.05) is 12.5 Å². The molecular formula is C28H31NO4S. The van der Waals surface area contributed by atoms with Crippen molar-refractivity contribution in [3.63, 3.8) is 0 Å². The van der Waals surface area contributed by atoms with Crippen LogP contribution < -0.4 is 0 Å². The van der Waals surface area contributed by atoms with Crippen LogP contribution in [0.5, 0.6) is 0 Å². The third kappa shape index (κ3) is 6.13. The number of ether oxygens (including phenoxy) is 1. The molecule has 0 amide bonds. The molecule has 3 aromatic carbocycles. The van der Waals surface area contributed by atoms with Gasteiger partial charge in [0.05, 0.1) is 12.4 Å². The minimum absolute atomic E-state index is 0.0967. The van der Waals surface area contributed by atoms with Crippen LogP contribution in [0.1, 0.15) is 48.3 Å². The highest BCUT2D eigenvalue weighted by molar-refractivity contribution is 7.88. The molecule has 1 heterocycles. The van der Waals surface area contributed by atoms with Gasteiger partial charge in [-0.25, -0.2) is 8.42 Å². The van der Waals surface area contributed by atoms with Crippen LogP contribution in [0.15, 0.2) is 91.0 Å². The van der Waals surface area contributed by atoms with Crippen LogP contribution in [0.4, 0.5) is 0 Å². The average Bonchev–Trinajstić information content (AvgIpc) is 2.88. The number of piperidine rings is 1. The van der Waals surface area contributed by atoms with Crippen LogP contribution in [-0.2, 0) is 25.3 Å². The van der Waals surface area contributed by atoms with E-state index in [1.807, 2.05) is 54.6 Å². The molecule has 4 rings (SSSR count). The minimum atomic E-state index is -3.63. The fourth-order valence-corrected chi connectivity index (χ4v) is 6.38. The van der Waals surface area contributed by atoms with Crippen LogP contribution in [0.25, 0.3) is 0 Å². The first-order valence-corrected chi connectivity index (χ1v) is 13.5. The lowest BCUT2D eigenvalue weighted by molar-refractivity contribution is -0.149. The van der Waals surface area contributed by atoms with E-state index >= 15 is 0 Å². The molecule has 34 heavy (non-hydrogen) atoms. The first-order valence-electron chi connectivity index (χ1n) is 11.8. The molecule has 5 nitrogen and oxygen atoms in total. The van der Waals surface area contributed by atoms with Gasteiger partial charge in [-0.05, 0) is 42.4 Å². The molecule has 1 unspecified atom stereocenters. The molecule has 0 spiro atoms. The van der Waals surface area contributed by atoms with E-state index in [1.165, 1.54) is 4.31 Å². The zero-order valence-electron chi connectivity index (χ0n) is 19.3. The normalized spacial score (nSPS) is 16.9. The van der Waals surface area contributed by atoms with Gasteiger partial charge in [-0.2, -0.15) is 4.31 Å². The number of hydrogen-bond acceptors (Lipinski definition) is 4. The third-order valence-electron chi connectivity index (χ3n) is 6.33. The van der Waals surface area contributed by atoms with E-state index in [-0.39, 0.29) is 18.3 Å². The third-order valence-corrected chi connectivity index (χ3v) is 8.18. The molecule has 1 aliphatic heterocycles. The average molecular weight is 478 g/mol. The number of sulfonamides is 1. The number of rotatable bonds is 9. The maximum absolute atomic E-state index is 13.1. The SMILES string of the molecule is O=C(OCCC(c1ccccc1)c1ccccc1)C1CCCCN1S(=O)(=O)Cc1ccccc1. The van der Waals surface area contributed by atoms with Crippen molar-refractivity contribution in [3.8, 4) is 0 Å². The molecule has 1 saturated heterocycles. The summed E-state index contributed by atoms with van der Waals surface area (Å²) in [6.07, 6.45) is 2.69. The number of esters is 1. The van der Waals surface area contributed by atoms with Crippen molar-refractivity contribution in [1.82, 2.24) is 4.31 Å². The lowest BCUT2D eigenvalue weighted by Crippen LogP contribution is -2.49. The minimum Gasteiger partial charge on any atom is -0.464 e. The van der Waals surface area contributed by atoms with Crippen molar-refractivity contribution in [3.05, 3.63) is 108 Å². The van der Waals surface area contributed by atoms with Gasteiger partial charge in [0.15, 0.2) is 0 Å². The van der Waals surface area contributed by atoms with Crippen molar-refractivity contribution in [2.45, 2.75) is 43.4 Å². The second kappa shape index (κ2) is 11.4. The van der Waals surface area contributed by atoms with Gasteiger partial charge < -0.3 is 4.74 Å². The number of hydrogen-bond donors (Lipinski definition) is 0. The maximum atomic E-state index is 13.1. The van der Waals surface area contributed by atoms with Gasteiger partial charge in [0.25, 0.3) is 0 Å². The molecule has 0 aliphatic carbocycles. The Morgan fingerprint density at radius 1 is 0.853 bits per heavy atom. The Labute approximate surface area is 202 Å². The highest BCUT2D eigenvalue weighted by Gasteiger charge is 2.37. The Bertz CT molecular complexity index is 1110. The topological polar surface area (TPSA) is 63.7 Å². The molecule has 0 aromatic heterocycles. The summed E-state index contributed by atoms with van der Waals surface area (Å²) in [5.74, 6) is -0.461. The second-order valence-corrected chi connectivity index (χ2v) is 10.6. The molecule has 1 fully saturated rings. The Morgan fingerprint density at radius 3 is 2.00 bits per heavy atom. The van der Waals surface area contributed by atoms with E-state index in [0.29, 0.717) is 24.9 Å². The van der Waals surface area contributed by atoms with E-state index < -0.39 is 22.0 Å². The Morgan fingerprint density at radius 2 is 1.41 bits per heavy atom. The lowest BCUT2D eigenvalue weighted by Gasteiger charge is -2.33. The summed E-state index contributed by atoms with van der Waals surface area (Å²) >= 11 is 0. The Kier molecular flexibility index (Phi) is 8.14. The monoisotopic (exact) mass is 477 g/mol. The van der Waals surface area contributed by atoms with E-state index in [2.05, 4.69) is 24.3 Å². The van der Waals surface area contributed by atoms with E-state index in [0.717, 1.165) is 24.0 Å². The molecule has 178 valence electrons. The number of benzene rings is 3. The summed E-state index contributed by atoms with van der Waals surface area (Å²) in [7, 11) is -3.63. The van der Waals surface area contributed by atoms with Crippen molar-refractivity contribution >= 4 is 16.0 Å². The largest absolute Gasteiger partial charge is 0.464 e. The van der Waals surface area contributed by atoms with Crippen molar-refractivity contribution < 1.29 is 17.9 Å². The molecule has 1 aliphatic rings. The molecule has 3 aromatic rings. The lowest BCUT2D eigenvalue weighted by atomic mass is 9.89. The van der Waals surface area contributed by atoms with Gasteiger partial charge in [-0.3, -0.25) is 4.79 Å². The van der Waals surface area contributed by atoms with Gasteiger partial charge in [-0.1, -0.05) is 91.0 Å². The summed E-state index contributed by atoms with van der Waals surface area (Å²) in [4.78, 5) is 13.0. The van der Waals surface area contributed by atoms with Gasteiger partial charge in [0.1, 0.15) is 6.04 Å². The quantitative estimate of drug-likeness (QED) is 0.401. The first kappa shape index (κ1) is 24.2. The van der Waals surface area contributed by atoms with Crippen LogP contribution in [0, 0.1) is 0 Å². The van der Waals surface area contributed by atoms with Crippen LogP contribution >= 0.6 is 0 Å². The fraction of sp³-hybridized carbons (Fsp3) is 0.321. The summed E-state index contributed by atoms with van der Waals surface area (Å²) in [6.45, 7) is 0.585. The summed E-state index contributed by atoms with van der Waals surface area (Å²) in [5, 5.41) is 0. The summed E-state index contributed by atoms with van der Waals surface area (Å²) in [5.41, 5.74) is 3.04. The smallest absolute Gasteiger partial charge is 0.324 e. The number of carbonyl (C=O) groups excluding carboxylic acids is 1. The molecule has 0 radical (unpaired) electrons. The maximum Gasteiger partial charge on any atom is 0.324 e. The highest BCUT2D eigenvalue weighted by atomic mass is 32.2. The molecule has 0 saturated carbocycles. The van der Waals surface area contributed by atoms with Gasteiger partial charge in [-0.15, -0.1) is 0 Å². The van der Waals surface area contributed by atoms with Crippen molar-refractivity contribution in [2.24, 2.45) is 0 Å². The van der Waals surface area contributed by atoms with Crippen molar-refractivity contribution in [1.29, 1.82) is 0 Å². The van der Waals surface area contributed by atoms with E-state index in [9.17, 15) is 13.2 Å². The standard InChI is InChI=1S/C28H31NO4S/c30-28(27-18-10-11-20-29(27)34(31,32)22-23-12-4-1-5-13-23)33-21-19-26(24-14-6-2-7-15-24)25-16-8-3-9-17-25/h1-9,12-17,26-27H,10-11,18-22H2. The zero-order chi connectivity index (χ0) is 23.8. The van der Waals surface area contributed by atoms with E-state index in [1.54, 1.807) is 12.1 Å². The molecular weight excluding hydrogens is 446 g/mol. The predicted octanol–water partition coefficient (Wildman–Crippen LogP) is 5.14. The summed E-state index contributed by atoms with van der Waals surface area (Å²) < 4.78 is 33.3. The van der Waals surface area contributed by atoms with E-state index in [4.69, 9.17) is 4.74 Å². The highest BCUT2D eigenvalue weighted by Crippen LogP contribution is 2.29. The van der Waals surface area contributed by atoms with Gasteiger partial charge in [0.2, 0.25) is 10.0 Å². The van der Waals surface area contributed by atoms with Crippen LogP contribution in [0.2, 0.25) is 0 Å². The molecule has 1 atom stereocenters. The predicted molar refractivity (Wildman–Crippen MR) is 134 cm³/mol. The molecule has 0 N–H and O–H groups in total. The summed E-state index contributed by atoms with van der Waals surface area (Å²) in [6, 6.07) is 28.7. The molecule has 6 heteroatoms. The number of nitrogens with zero attached hydrogens (tertiary/aromatic N) is 1. The van der Waals surface area contributed by atoms with Crippen LogP contribution in [0.3, 0.4) is 0 Å². The first-order chi connectivity index (χ1) is 16.5. The van der Waals surface area contributed by atoms with Crippen molar-refractivity contribution in [2.75, 3.05) is 13.2 Å². The van der Waals surface area contributed by atoms with Gasteiger partial charge >= 0.3 is 5.97 Å². The second-order valence-electron chi connectivity index (χ2n) is 8.69. The molecule has 0 bridgehead atoms. The fourth-order valence-electron chi connectivity index (χ4n) is 4.61. The Hall–Kier alpha value is -2.96. The van der Waals surface area contributed by atoms with Crippen LogP contribution in [-0.4, -0.2) is 37.9 Å². The zero-order valence-corrected chi connectivity index (χ0v) is 20.1. The Balaban J connectivity index is 1.42. The number of carbonyl (C=O) groups is 1.